The lowest BCUT2D eigenvalue weighted by Gasteiger charge is -2.26. The van der Waals surface area contributed by atoms with Crippen LogP contribution in [-0.2, 0) is 5.41 Å². The van der Waals surface area contributed by atoms with Crippen molar-refractivity contribution in [2.45, 2.75) is 45.4 Å². The lowest BCUT2D eigenvalue weighted by atomic mass is 9.87. The van der Waals surface area contributed by atoms with E-state index in [0.717, 1.165) is 31.6 Å². The van der Waals surface area contributed by atoms with Gasteiger partial charge in [-0.2, -0.15) is 0 Å². The van der Waals surface area contributed by atoms with Gasteiger partial charge in [-0.15, -0.1) is 0 Å². The van der Waals surface area contributed by atoms with Crippen molar-refractivity contribution in [3.8, 4) is 0 Å². The Morgan fingerprint density at radius 2 is 1.72 bits per heavy atom. The number of carbonyl (C=O) groups is 1. The first-order valence-corrected chi connectivity index (χ1v) is 8.93. The van der Waals surface area contributed by atoms with Gasteiger partial charge in [-0.1, -0.05) is 32.9 Å². The van der Waals surface area contributed by atoms with Crippen molar-refractivity contribution in [3.63, 3.8) is 0 Å². The van der Waals surface area contributed by atoms with Gasteiger partial charge in [-0.25, -0.2) is 9.97 Å². The fourth-order valence-electron chi connectivity index (χ4n) is 2.97. The molecule has 1 aliphatic heterocycles. The second kappa shape index (κ2) is 7.21. The van der Waals surface area contributed by atoms with Crippen LogP contribution in [0.3, 0.4) is 0 Å². The summed E-state index contributed by atoms with van der Waals surface area (Å²) >= 11 is 0. The number of benzene rings is 1. The summed E-state index contributed by atoms with van der Waals surface area (Å²) in [7, 11) is 0. The zero-order valence-electron chi connectivity index (χ0n) is 15.2. The van der Waals surface area contributed by atoms with Crippen LogP contribution in [0.15, 0.2) is 36.5 Å². The standard InChI is InChI=1S/C20H26N4O/c1-20(2,3)15-7-9-16(10-8-15)22-18(25)17-11-12-21-19(23-17)24-13-5-4-6-14-24/h7-12H,4-6,13-14H2,1-3H3,(H,22,25). The van der Waals surface area contributed by atoms with Crippen LogP contribution in [0.5, 0.6) is 0 Å². The van der Waals surface area contributed by atoms with E-state index >= 15 is 0 Å². The van der Waals surface area contributed by atoms with Gasteiger partial charge >= 0.3 is 0 Å². The van der Waals surface area contributed by atoms with E-state index in [9.17, 15) is 4.79 Å². The summed E-state index contributed by atoms with van der Waals surface area (Å²) in [6.45, 7) is 8.43. The van der Waals surface area contributed by atoms with Gasteiger partial charge in [0.1, 0.15) is 5.69 Å². The number of aromatic nitrogens is 2. The Morgan fingerprint density at radius 1 is 1.04 bits per heavy atom. The van der Waals surface area contributed by atoms with Gasteiger partial charge < -0.3 is 10.2 Å². The zero-order valence-corrected chi connectivity index (χ0v) is 15.2. The summed E-state index contributed by atoms with van der Waals surface area (Å²) in [6, 6.07) is 9.63. The van der Waals surface area contributed by atoms with E-state index in [0.29, 0.717) is 11.6 Å². The summed E-state index contributed by atoms with van der Waals surface area (Å²) in [6.07, 6.45) is 5.22. The molecule has 0 unspecified atom stereocenters. The Kier molecular flexibility index (Phi) is 5.02. The molecule has 0 spiro atoms. The minimum atomic E-state index is -0.204. The molecule has 5 heteroatoms. The summed E-state index contributed by atoms with van der Waals surface area (Å²) in [5.74, 6) is 0.444. The summed E-state index contributed by atoms with van der Waals surface area (Å²) in [5, 5.41) is 2.92. The summed E-state index contributed by atoms with van der Waals surface area (Å²) in [5.41, 5.74) is 2.50. The number of nitrogens with one attached hydrogen (secondary N) is 1. The normalized spacial score (nSPS) is 15.1. The maximum atomic E-state index is 12.5. The number of carbonyl (C=O) groups excluding carboxylic acids is 1. The molecule has 5 nitrogen and oxygen atoms in total. The van der Waals surface area contributed by atoms with Gasteiger partial charge in [0.15, 0.2) is 0 Å². The second-order valence-corrected chi connectivity index (χ2v) is 7.57. The van der Waals surface area contributed by atoms with E-state index in [2.05, 4.69) is 53.1 Å². The Balaban J connectivity index is 1.70. The van der Waals surface area contributed by atoms with Crippen LogP contribution in [0, 0.1) is 0 Å². The van der Waals surface area contributed by atoms with E-state index in [4.69, 9.17) is 0 Å². The highest BCUT2D eigenvalue weighted by atomic mass is 16.1. The third kappa shape index (κ3) is 4.35. The van der Waals surface area contributed by atoms with Crippen LogP contribution in [0.25, 0.3) is 0 Å². The average Bonchev–Trinajstić information content (AvgIpc) is 2.62. The average molecular weight is 338 g/mol. The highest BCUT2D eigenvalue weighted by Gasteiger charge is 2.17. The smallest absolute Gasteiger partial charge is 0.274 e. The van der Waals surface area contributed by atoms with Gasteiger partial charge in [0.05, 0.1) is 0 Å². The van der Waals surface area contributed by atoms with Gasteiger partial charge in [-0.3, -0.25) is 4.79 Å². The van der Waals surface area contributed by atoms with Crippen LogP contribution < -0.4 is 10.2 Å². The number of rotatable bonds is 3. The van der Waals surface area contributed by atoms with E-state index < -0.39 is 0 Å². The van der Waals surface area contributed by atoms with Gasteiger partial charge in [0.2, 0.25) is 5.95 Å². The molecule has 2 heterocycles. The van der Waals surface area contributed by atoms with Crippen molar-refractivity contribution in [1.29, 1.82) is 0 Å². The molecule has 0 radical (unpaired) electrons. The van der Waals surface area contributed by atoms with Crippen molar-refractivity contribution in [2.75, 3.05) is 23.3 Å². The first-order chi connectivity index (χ1) is 11.9. The minimum Gasteiger partial charge on any atom is -0.341 e. The van der Waals surface area contributed by atoms with Crippen LogP contribution >= 0.6 is 0 Å². The van der Waals surface area contributed by atoms with Crippen molar-refractivity contribution < 1.29 is 4.79 Å². The largest absolute Gasteiger partial charge is 0.341 e. The highest BCUT2D eigenvalue weighted by Crippen LogP contribution is 2.23. The highest BCUT2D eigenvalue weighted by molar-refractivity contribution is 6.02. The van der Waals surface area contributed by atoms with E-state index in [1.165, 1.54) is 12.0 Å². The Morgan fingerprint density at radius 3 is 2.36 bits per heavy atom. The zero-order chi connectivity index (χ0) is 17.9. The third-order valence-electron chi connectivity index (χ3n) is 4.52. The van der Waals surface area contributed by atoms with Crippen molar-refractivity contribution in [2.24, 2.45) is 0 Å². The fourth-order valence-corrected chi connectivity index (χ4v) is 2.97. The van der Waals surface area contributed by atoms with E-state index in [1.54, 1.807) is 12.3 Å². The lowest BCUT2D eigenvalue weighted by molar-refractivity contribution is 0.102. The number of hydrogen-bond acceptors (Lipinski definition) is 4. The van der Waals surface area contributed by atoms with E-state index in [1.807, 2.05) is 12.1 Å². The van der Waals surface area contributed by atoms with Crippen LogP contribution in [0.1, 0.15) is 56.1 Å². The molecule has 0 bridgehead atoms. The van der Waals surface area contributed by atoms with E-state index in [-0.39, 0.29) is 11.3 Å². The van der Waals surface area contributed by atoms with Crippen LogP contribution in [-0.4, -0.2) is 29.0 Å². The van der Waals surface area contributed by atoms with Crippen molar-refractivity contribution >= 4 is 17.5 Å². The molecule has 2 aromatic rings. The van der Waals surface area contributed by atoms with Crippen LogP contribution in [0.4, 0.5) is 11.6 Å². The summed E-state index contributed by atoms with van der Waals surface area (Å²) in [4.78, 5) is 23.4. The lowest BCUT2D eigenvalue weighted by Crippen LogP contribution is -2.31. The van der Waals surface area contributed by atoms with Crippen molar-refractivity contribution in [1.82, 2.24) is 9.97 Å². The molecule has 3 rings (SSSR count). The molecular weight excluding hydrogens is 312 g/mol. The SMILES string of the molecule is CC(C)(C)c1ccc(NC(=O)c2ccnc(N3CCCCC3)n2)cc1. The molecule has 1 amide bonds. The van der Waals surface area contributed by atoms with Crippen LogP contribution in [0.2, 0.25) is 0 Å². The Hall–Kier alpha value is -2.43. The first-order valence-electron chi connectivity index (χ1n) is 8.93. The van der Waals surface area contributed by atoms with Gasteiger partial charge in [0.25, 0.3) is 5.91 Å². The molecule has 0 atom stereocenters. The maximum Gasteiger partial charge on any atom is 0.274 e. The fraction of sp³-hybridized carbons (Fsp3) is 0.450. The quantitative estimate of drug-likeness (QED) is 0.918. The topological polar surface area (TPSA) is 58.1 Å². The van der Waals surface area contributed by atoms with Gasteiger partial charge in [0, 0.05) is 25.0 Å². The predicted molar refractivity (Wildman–Crippen MR) is 101 cm³/mol. The molecule has 1 fully saturated rings. The molecule has 0 aliphatic carbocycles. The monoisotopic (exact) mass is 338 g/mol. The molecule has 1 saturated heterocycles. The molecule has 1 aromatic carbocycles. The molecule has 1 N–H and O–H groups in total. The third-order valence-corrected chi connectivity index (χ3v) is 4.52. The molecular formula is C20H26N4O. The van der Waals surface area contributed by atoms with Crippen molar-refractivity contribution in [3.05, 3.63) is 47.8 Å². The predicted octanol–water partition coefficient (Wildman–Crippen LogP) is 4.02. The van der Waals surface area contributed by atoms with Gasteiger partial charge in [-0.05, 0) is 48.4 Å². The molecule has 0 saturated carbocycles. The Labute approximate surface area is 149 Å². The molecule has 1 aliphatic rings. The molecule has 132 valence electrons. The minimum absolute atomic E-state index is 0.0958. The number of anilines is 2. The maximum absolute atomic E-state index is 12.5. The summed E-state index contributed by atoms with van der Waals surface area (Å²) < 4.78 is 0. The first kappa shape index (κ1) is 17.4. The number of nitrogens with zero attached hydrogens (tertiary/aromatic N) is 3. The number of piperidine rings is 1. The molecule has 1 aromatic heterocycles. The number of hydrogen-bond donors (Lipinski definition) is 1. The Bertz CT molecular complexity index is 728. The molecule has 25 heavy (non-hydrogen) atoms. The second-order valence-electron chi connectivity index (χ2n) is 7.57. The number of amides is 1.